The Bertz CT molecular complexity index is 341. The van der Waals surface area contributed by atoms with Crippen molar-refractivity contribution in [2.45, 2.75) is 58.9 Å². The first-order valence-electron chi connectivity index (χ1n) is 6.77. The summed E-state index contributed by atoms with van der Waals surface area (Å²) in [4.78, 5) is 0. The average Bonchev–Trinajstić information content (AvgIpc) is 2.26. The number of hydrogen-bond acceptors (Lipinski definition) is 1. The van der Waals surface area contributed by atoms with E-state index in [1.807, 2.05) is 0 Å². The van der Waals surface area contributed by atoms with Crippen LogP contribution in [-0.4, -0.2) is 12.6 Å². The van der Waals surface area contributed by atoms with Crippen molar-refractivity contribution in [3.05, 3.63) is 35.4 Å². The third kappa shape index (κ3) is 4.16. The van der Waals surface area contributed by atoms with Crippen molar-refractivity contribution in [3.8, 4) is 0 Å². The van der Waals surface area contributed by atoms with Crippen LogP contribution in [-0.2, 0) is 5.41 Å². The van der Waals surface area contributed by atoms with Gasteiger partial charge in [0.05, 0.1) is 0 Å². The molecule has 0 aliphatic rings. The van der Waals surface area contributed by atoms with E-state index in [2.05, 4.69) is 64.2 Å². The van der Waals surface area contributed by atoms with Gasteiger partial charge in [-0.1, -0.05) is 45.0 Å². The van der Waals surface area contributed by atoms with Gasteiger partial charge in [-0.15, -0.1) is 0 Å². The number of aryl methyl sites for hydroxylation is 1. The number of nitrogens with one attached hydrogen (secondary N) is 1. The van der Waals surface area contributed by atoms with Crippen LogP contribution >= 0.6 is 0 Å². The lowest BCUT2D eigenvalue weighted by Crippen LogP contribution is -2.34. The molecule has 0 saturated carbocycles. The van der Waals surface area contributed by atoms with E-state index in [1.54, 1.807) is 0 Å². The Morgan fingerprint density at radius 1 is 1.24 bits per heavy atom. The molecule has 1 aromatic carbocycles. The summed E-state index contributed by atoms with van der Waals surface area (Å²) in [6, 6.07) is 9.31. The van der Waals surface area contributed by atoms with E-state index in [4.69, 9.17) is 0 Å². The maximum absolute atomic E-state index is 3.58. The molecular weight excluding hydrogens is 206 g/mol. The number of hydrogen-bond donors (Lipinski definition) is 1. The summed E-state index contributed by atoms with van der Waals surface area (Å²) in [5.41, 5.74) is 3.12. The lowest BCUT2D eigenvalue weighted by Gasteiger charge is -2.30. The van der Waals surface area contributed by atoms with Gasteiger partial charge in [0.15, 0.2) is 0 Å². The van der Waals surface area contributed by atoms with Gasteiger partial charge in [-0.25, -0.2) is 0 Å². The van der Waals surface area contributed by atoms with Gasteiger partial charge >= 0.3 is 0 Å². The highest BCUT2D eigenvalue weighted by Crippen LogP contribution is 2.30. The molecular formula is C16H27N. The van der Waals surface area contributed by atoms with Gasteiger partial charge in [0, 0.05) is 6.04 Å². The summed E-state index contributed by atoms with van der Waals surface area (Å²) < 4.78 is 0. The van der Waals surface area contributed by atoms with Crippen molar-refractivity contribution in [1.29, 1.82) is 0 Å². The third-order valence-corrected chi connectivity index (χ3v) is 3.43. The molecule has 1 rings (SSSR count). The molecule has 0 amide bonds. The van der Waals surface area contributed by atoms with Crippen LogP contribution in [0.25, 0.3) is 0 Å². The summed E-state index contributed by atoms with van der Waals surface area (Å²) in [6.07, 6.45) is 2.38. The van der Waals surface area contributed by atoms with Crippen LogP contribution in [0.3, 0.4) is 0 Å². The summed E-state index contributed by atoms with van der Waals surface area (Å²) in [5, 5.41) is 3.58. The van der Waals surface area contributed by atoms with Gasteiger partial charge in [-0.05, 0) is 49.8 Å². The zero-order chi connectivity index (χ0) is 12.9. The van der Waals surface area contributed by atoms with Crippen LogP contribution in [0.2, 0.25) is 0 Å². The van der Waals surface area contributed by atoms with E-state index < -0.39 is 0 Å². The Balaban J connectivity index is 2.71. The standard InChI is InChI=1S/C16H27N/c1-6-11-17-14(3)12-16(4,5)15-10-8-7-9-13(15)2/h7-10,14,17H,6,11-12H2,1-5H3. The molecule has 1 nitrogen and oxygen atoms in total. The Labute approximate surface area is 107 Å². The molecule has 1 aromatic rings. The third-order valence-electron chi connectivity index (χ3n) is 3.43. The van der Waals surface area contributed by atoms with Crippen LogP contribution in [0.1, 0.15) is 51.7 Å². The number of rotatable bonds is 6. The summed E-state index contributed by atoms with van der Waals surface area (Å²) in [6.45, 7) is 12.5. The van der Waals surface area contributed by atoms with Crippen molar-refractivity contribution in [2.75, 3.05) is 6.54 Å². The Hall–Kier alpha value is -0.820. The van der Waals surface area contributed by atoms with Crippen LogP contribution in [0, 0.1) is 6.92 Å². The minimum atomic E-state index is 0.242. The summed E-state index contributed by atoms with van der Waals surface area (Å²) in [5.74, 6) is 0. The summed E-state index contributed by atoms with van der Waals surface area (Å²) >= 11 is 0. The highest BCUT2D eigenvalue weighted by atomic mass is 14.9. The minimum absolute atomic E-state index is 0.242. The molecule has 0 saturated heterocycles. The fourth-order valence-electron chi connectivity index (χ4n) is 2.67. The molecule has 0 aromatic heterocycles. The van der Waals surface area contributed by atoms with E-state index >= 15 is 0 Å². The highest BCUT2D eigenvalue weighted by molar-refractivity contribution is 5.32. The molecule has 0 heterocycles. The fraction of sp³-hybridized carbons (Fsp3) is 0.625. The van der Waals surface area contributed by atoms with Crippen molar-refractivity contribution in [2.24, 2.45) is 0 Å². The van der Waals surface area contributed by atoms with Crippen molar-refractivity contribution < 1.29 is 0 Å². The van der Waals surface area contributed by atoms with Gasteiger partial charge in [0.1, 0.15) is 0 Å². The molecule has 1 N–H and O–H groups in total. The molecule has 17 heavy (non-hydrogen) atoms. The Kier molecular flexibility index (Phi) is 5.20. The van der Waals surface area contributed by atoms with E-state index in [-0.39, 0.29) is 5.41 Å². The van der Waals surface area contributed by atoms with Crippen LogP contribution < -0.4 is 5.32 Å². The predicted molar refractivity (Wildman–Crippen MR) is 76.6 cm³/mol. The molecule has 1 heteroatoms. The van der Waals surface area contributed by atoms with Crippen molar-refractivity contribution >= 4 is 0 Å². The van der Waals surface area contributed by atoms with Crippen LogP contribution in [0.15, 0.2) is 24.3 Å². The molecule has 0 radical (unpaired) electrons. The van der Waals surface area contributed by atoms with Crippen LogP contribution in [0.5, 0.6) is 0 Å². The summed E-state index contributed by atoms with van der Waals surface area (Å²) in [7, 11) is 0. The molecule has 0 bridgehead atoms. The molecule has 0 spiro atoms. The smallest absolute Gasteiger partial charge is 0.00470 e. The molecule has 0 aliphatic carbocycles. The van der Waals surface area contributed by atoms with Gasteiger partial charge in [0.2, 0.25) is 0 Å². The lowest BCUT2D eigenvalue weighted by molar-refractivity contribution is 0.388. The normalized spacial score (nSPS) is 13.7. The van der Waals surface area contributed by atoms with Gasteiger partial charge in [0.25, 0.3) is 0 Å². The maximum atomic E-state index is 3.58. The Morgan fingerprint density at radius 3 is 2.47 bits per heavy atom. The second-order valence-electron chi connectivity index (χ2n) is 5.76. The zero-order valence-electron chi connectivity index (χ0n) is 12.0. The van der Waals surface area contributed by atoms with E-state index in [9.17, 15) is 0 Å². The number of benzene rings is 1. The fourth-order valence-corrected chi connectivity index (χ4v) is 2.67. The molecule has 96 valence electrons. The zero-order valence-corrected chi connectivity index (χ0v) is 12.0. The van der Waals surface area contributed by atoms with Gasteiger partial charge in [-0.3, -0.25) is 0 Å². The largest absolute Gasteiger partial charge is 0.314 e. The molecule has 0 fully saturated rings. The lowest BCUT2D eigenvalue weighted by atomic mass is 9.77. The maximum Gasteiger partial charge on any atom is 0.00470 e. The second-order valence-corrected chi connectivity index (χ2v) is 5.76. The first-order valence-corrected chi connectivity index (χ1v) is 6.77. The average molecular weight is 233 g/mol. The second kappa shape index (κ2) is 6.20. The molecule has 0 aliphatic heterocycles. The van der Waals surface area contributed by atoms with Gasteiger partial charge in [-0.2, -0.15) is 0 Å². The SMILES string of the molecule is CCCNC(C)CC(C)(C)c1ccccc1C. The van der Waals surface area contributed by atoms with Crippen LogP contribution in [0.4, 0.5) is 0 Å². The first-order chi connectivity index (χ1) is 7.97. The molecule has 1 atom stereocenters. The van der Waals surface area contributed by atoms with Crippen molar-refractivity contribution in [3.63, 3.8) is 0 Å². The van der Waals surface area contributed by atoms with Gasteiger partial charge < -0.3 is 5.32 Å². The quantitative estimate of drug-likeness (QED) is 0.781. The van der Waals surface area contributed by atoms with Crippen molar-refractivity contribution in [1.82, 2.24) is 5.32 Å². The predicted octanol–water partition coefficient (Wildman–Crippen LogP) is 4.05. The minimum Gasteiger partial charge on any atom is -0.314 e. The first kappa shape index (κ1) is 14.2. The topological polar surface area (TPSA) is 12.0 Å². The van der Waals surface area contributed by atoms with E-state index in [0.29, 0.717) is 6.04 Å². The highest BCUT2D eigenvalue weighted by Gasteiger charge is 2.24. The van der Waals surface area contributed by atoms with E-state index in [0.717, 1.165) is 6.54 Å². The monoisotopic (exact) mass is 233 g/mol. The van der Waals surface area contributed by atoms with E-state index in [1.165, 1.54) is 24.0 Å². The molecule has 1 unspecified atom stereocenters. The Morgan fingerprint density at radius 2 is 1.88 bits per heavy atom.